The summed E-state index contributed by atoms with van der Waals surface area (Å²) in [4.78, 5) is 34.7. The summed E-state index contributed by atoms with van der Waals surface area (Å²) in [5, 5.41) is 2.55. The van der Waals surface area contributed by atoms with Crippen molar-refractivity contribution in [2.45, 2.75) is 71.3 Å². The van der Waals surface area contributed by atoms with Crippen molar-refractivity contribution in [1.29, 1.82) is 0 Å². The molecule has 0 radical (unpaired) electrons. The van der Waals surface area contributed by atoms with E-state index in [1.807, 2.05) is 0 Å². The lowest BCUT2D eigenvalue weighted by atomic mass is 9.96. The number of esters is 1. The first-order chi connectivity index (χ1) is 10.0. The van der Waals surface area contributed by atoms with Crippen molar-refractivity contribution in [1.82, 2.24) is 5.32 Å². The summed E-state index contributed by atoms with van der Waals surface area (Å²) in [7, 11) is 0. The molecule has 1 saturated heterocycles. The Kier molecular flexibility index (Phi) is 8.01. The van der Waals surface area contributed by atoms with Crippen molar-refractivity contribution in [3.05, 3.63) is 0 Å². The number of rotatable bonds is 10. The number of amides is 1. The monoisotopic (exact) mass is 297 g/mol. The zero-order valence-electron chi connectivity index (χ0n) is 13.2. The number of cyclic esters (lactones) is 1. The van der Waals surface area contributed by atoms with Crippen LogP contribution in [-0.4, -0.2) is 30.3 Å². The number of hydrogen-bond acceptors (Lipinski definition) is 4. The number of ketones is 1. The van der Waals surface area contributed by atoms with Gasteiger partial charge in [-0.05, 0) is 12.3 Å². The topological polar surface area (TPSA) is 72.5 Å². The molecular formula is C16H27NO4. The van der Waals surface area contributed by atoms with Gasteiger partial charge >= 0.3 is 5.97 Å². The van der Waals surface area contributed by atoms with Gasteiger partial charge in [-0.2, -0.15) is 0 Å². The quantitative estimate of drug-likeness (QED) is 0.382. The average molecular weight is 297 g/mol. The second-order valence-corrected chi connectivity index (χ2v) is 5.93. The van der Waals surface area contributed by atoms with Gasteiger partial charge in [-0.25, -0.2) is 4.79 Å². The van der Waals surface area contributed by atoms with E-state index >= 15 is 0 Å². The summed E-state index contributed by atoms with van der Waals surface area (Å²) < 4.78 is 4.76. The van der Waals surface area contributed by atoms with Crippen LogP contribution < -0.4 is 5.32 Å². The van der Waals surface area contributed by atoms with Crippen LogP contribution in [0.1, 0.15) is 65.2 Å². The fraction of sp³-hybridized carbons (Fsp3) is 0.812. The van der Waals surface area contributed by atoms with Crippen molar-refractivity contribution < 1.29 is 19.1 Å². The van der Waals surface area contributed by atoms with E-state index in [1.54, 1.807) is 0 Å². The molecule has 0 saturated carbocycles. The van der Waals surface area contributed by atoms with Gasteiger partial charge in [0, 0.05) is 12.8 Å². The molecule has 0 spiro atoms. The first kappa shape index (κ1) is 17.7. The second-order valence-electron chi connectivity index (χ2n) is 5.93. The van der Waals surface area contributed by atoms with Gasteiger partial charge in [0.05, 0.1) is 13.0 Å². The molecule has 120 valence electrons. The summed E-state index contributed by atoms with van der Waals surface area (Å²) in [6.07, 6.45) is 6.42. The maximum atomic E-state index is 11.8. The van der Waals surface area contributed by atoms with Crippen molar-refractivity contribution in [2.75, 3.05) is 6.61 Å². The second kappa shape index (κ2) is 9.53. The molecule has 1 unspecified atom stereocenters. The lowest BCUT2D eigenvalue weighted by Gasteiger charge is -2.11. The molecule has 0 aromatic rings. The van der Waals surface area contributed by atoms with Crippen molar-refractivity contribution in [3.63, 3.8) is 0 Å². The van der Waals surface area contributed by atoms with E-state index < -0.39 is 12.0 Å². The minimum absolute atomic E-state index is 0.0544. The lowest BCUT2D eigenvalue weighted by molar-refractivity contribution is -0.142. The number of carbonyl (C=O) groups excluding carboxylic acids is 3. The standard InChI is InChI=1S/C16H27NO4/c1-3-4-5-6-12(2)7-8-13(18)11-15(19)17-14-9-10-21-16(14)20/h12,14H,3-11H2,1-2H3,(H,17,19)/t12?,14-/m0/s1. The van der Waals surface area contributed by atoms with Crippen LogP contribution in [0, 0.1) is 5.92 Å². The predicted molar refractivity (Wildman–Crippen MR) is 79.7 cm³/mol. The summed E-state index contributed by atoms with van der Waals surface area (Å²) in [6.45, 7) is 4.66. The SMILES string of the molecule is CCCCCC(C)CCC(=O)CC(=O)N[C@H]1CCOC1=O. The van der Waals surface area contributed by atoms with E-state index in [0.29, 0.717) is 25.4 Å². The molecular weight excluding hydrogens is 270 g/mol. The van der Waals surface area contributed by atoms with Crippen molar-refractivity contribution in [3.8, 4) is 0 Å². The Bertz CT molecular complexity index is 367. The van der Waals surface area contributed by atoms with Gasteiger partial charge < -0.3 is 10.1 Å². The fourth-order valence-corrected chi connectivity index (χ4v) is 2.43. The first-order valence-electron chi connectivity index (χ1n) is 8.00. The third kappa shape index (κ3) is 7.25. The molecule has 0 bridgehead atoms. The minimum Gasteiger partial charge on any atom is -0.464 e. The zero-order chi connectivity index (χ0) is 15.7. The van der Waals surface area contributed by atoms with E-state index in [-0.39, 0.29) is 18.1 Å². The van der Waals surface area contributed by atoms with Crippen LogP contribution in [0.25, 0.3) is 0 Å². The van der Waals surface area contributed by atoms with Gasteiger partial charge in [0.25, 0.3) is 0 Å². The molecule has 0 aromatic carbocycles. The summed E-state index contributed by atoms with van der Waals surface area (Å²) in [5.41, 5.74) is 0. The van der Waals surface area contributed by atoms with E-state index in [2.05, 4.69) is 19.2 Å². The Balaban J connectivity index is 2.14. The zero-order valence-corrected chi connectivity index (χ0v) is 13.2. The van der Waals surface area contributed by atoms with E-state index in [9.17, 15) is 14.4 Å². The summed E-state index contributed by atoms with van der Waals surface area (Å²) in [5.74, 6) is -0.308. The fourth-order valence-electron chi connectivity index (χ4n) is 2.43. The summed E-state index contributed by atoms with van der Waals surface area (Å²) in [6, 6.07) is -0.571. The van der Waals surface area contributed by atoms with Gasteiger partial charge in [-0.15, -0.1) is 0 Å². The molecule has 1 rings (SSSR count). The largest absolute Gasteiger partial charge is 0.464 e. The van der Waals surface area contributed by atoms with Crippen LogP contribution in [0.3, 0.4) is 0 Å². The maximum absolute atomic E-state index is 11.8. The third-order valence-electron chi connectivity index (χ3n) is 3.84. The highest BCUT2D eigenvalue weighted by atomic mass is 16.5. The molecule has 0 aliphatic carbocycles. The number of ether oxygens (including phenoxy) is 1. The van der Waals surface area contributed by atoms with E-state index in [1.165, 1.54) is 19.3 Å². The number of unbranched alkanes of at least 4 members (excludes halogenated alkanes) is 2. The minimum atomic E-state index is -0.571. The Morgan fingerprint density at radius 1 is 1.33 bits per heavy atom. The molecule has 1 aliphatic rings. The average Bonchev–Trinajstić information content (AvgIpc) is 2.82. The number of nitrogens with one attached hydrogen (secondary N) is 1. The normalized spacial score (nSPS) is 19.1. The number of hydrogen-bond donors (Lipinski definition) is 1. The molecule has 1 amide bonds. The smallest absolute Gasteiger partial charge is 0.328 e. The van der Waals surface area contributed by atoms with Gasteiger partial charge in [0.15, 0.2) is 0 Å². The van der Waals surface area contributed by atoms with Crippen LogP contribution >= 0.6 is 0 Å². The molecule has 0 aromatic heterocycles. The first-order valence-corrected chi connectivity index (χ1v) is 8.00. The Labute approximate surface area is 126 Å². The molecule has 1 aliphatic heterocycles. The van der Waals surface area contributed by atoms with Crippen molar-refractivity contribution in [2.24, 2.45) is 5.92 Å². The predicted octanol–water partition coefficient (Wildman–Crippen LogP) is 2.37. The third-order valence-corrected chi connectivity index (χ3v) is 3.84. The van der Waals surface area contributed by atoms with Crippen LogP contribution in [0.15, 0.2) is 0 Å². The van der Waals surface area contributed by atoms with E-state index in [4.69, 9.17) is 4.74 Å². The Morgan fingerprint density at radius 3 is 2.71 bits per heavy atom. The summed E-state index contributed by atoms with van der Waals surface area (Å²) >= 11 is 0. The highest BCUT2D eigenvalue weighted by Crippen LogP contribution is 2.15. The maximum Gasteiger partial charge on any atom is 0.328 e. The molecule has 1 fully saturated rings. The van der Waals surface area contributed by atoms with Crippen LogP contribution in [0.2, 0.25) is 0 Å². The van der Waals surface area contributed by atoms with Gasteiger partial charge in [0.2, 0.25) is 5.91 Å². The molecule has 5 nitrogen and oxygen atoms in total. The van der Waals surface area contributed by atoms with Crippen LogP contribution in [-0.2, 0) is 19.1 Å². The number of carbonyl (C=O) groups is 3. The Morgan fingerprint density at radius 2 is 2.10 bits per heavy atom. The Hall–Kier alpha value is -1.39. The van der Waals surface area contributed by atoms with Crippen LogP contribution in [0.5, 0.6) is 0 Å². The van der Waals surface area contributed by atoms with Crippen molar-refractivity contribution >= 4 is 17.7 Å². The molecule has 5 heteroatoms. The highest BCUT2D eigenvalue weighted by molar-refractivity contribution is 5.99. The van der Waals surface area contributed by atoms with Gasteiger partial charge in [0.1, 0.15) is 11.8 Å². The van der Waals surface area contributed by atoms with Gasteiger partial charge in [-0.3, -0.25) is 9.59 Å². The number of Topliss-reactive ketones (excluding diaryl/α,β-unsaturated/α-hetero) is 1. The molecule has 1 heterocycles. The highest BCUT2D eigenvalue weighted by Gasteiger charge is 2.28. The molecule has 1 N–H and O–H groups in total. The lowest BCUT2D eigenvalue weighted by Crippen LogP contribution is -2.38. The van der Waals surface area contributed by atoms with Crippen LogP contribution in [0.4, 0.5) is 0 Å². The van der Waals surface area contributed by atoms with E-state index in [0.717, 1.165) is 12.8 Å². The molecule has 21 heavy (non-hydrogen) atoms. The van der Waals surface area contributed by atoms with Gasteiger partial charge in [-0.1, -0.05) is 39.5 Å². The molecule has 2 atom stereocenters.